The number of unbranched alkanes of at least 4 members (excludes halogenated alkanes) is 1. The van der Waals surface area contributed by atoms with Crippen LogP contribution in [0.2, 0.25) is 0 Å². The minimum atomic E-state index is -0.304. The number of benzene rings is 1. The first-order chi connectivity index (χ1) is 9.11. The van der Waals surface area contributed by atoms with Crippen LogP contribution >= 0.6 is 0 Å². The summed E-state index contributed by atoms with van der Waals surface area (Å²) in [5.41, 5.74) is 1.20. The summed E-state index contributed by atoms with van der Waals surface area (Å²) in [5.74, 6) is 0.933. The van der Waals surface area contributed by atoms with Crippen LogP contribution in [-0.4, -0.2) is 23.9 Å². The van der Waals surface area contributed by atoms with E-state index in [1.165, 1.54) is 18.4 Å². The van der Waals surface area contributed by atoms with Gasteiger partial charge in [0.15, 0.2) is 0 Å². The van der Waals surface area contributed by atoms with Gasteiger partial charge in [0.2, 0.25) is 0 Å². The number of nitrogens with one attached hydrogen (secondary N) is 1. The lowest BCUT2D eigenvalue weighted by Crippen LogP contribution is -2.23. The Balaban J connectivity index is 2.34. The average molecular weight is 265 g/mol. The van der Waals surface area contributed by atoms with E-state index in [-0.39, 0.29) is 12.2 Å². The highest BCUT2D eigenvalue weighted by Crippen LogP contribution is 2.15. The first kappa shape index (κ1) is 16.0. The van der Waals surface area contributed by atoms with Crippen molar-refractivity contribution in [1.29, 1.82) is 0 Å². The fraction of sp³-hybridized carbons (Fsp3) is 0.625. The van der Waals surface area contributed by atoms with Crippen molar-refractivity contribution in [2.45, 2.75) is 58.8 Å². The molecule has 3 nitrogen and oxygen atoms in total. The van der Waals surface area contributed by atoms with E-state index in [0.717, 1.165) is 18.7 Å². The normalized spacial score (nSPS) is 14.1. The first-order valence-corrected chi connectivity index (χ1v) is 7.26. The summed E-state index contributed by atoms with van der Waals surface area (Å²) in [6.45, 7) is 7.49. The predicted octanol–water partition coefficient (Wildman–Crippen LogP) is 3.11. The number of aliphatic hydroxyl groups is 1. The van der Waals surface area contributed by atoms with Crippen LogP contribution in [0.3, 0.4) is 0 Å². The van der Waals surface area contributed by atoms with Gasteiger partial charge in [-0.1, -0.05) is 31.9 Å². The van der Waals surface area contributed by atoms with E-state index in [4.69, 9.17) is 9.84 Å². The molecule has 2 atom stereocenters. The molecular weight excluding hydrogens is 238 g/mol. The highest BCUT2D eigenvalue weighted by atomic mass is 16.5. The molecule has 0 aliphatic heterocycles. The van der Waals surface area contributed by atoms with Crippen LogP contribution < -0.4 is 10.1 Å². The average Bonchev–Trinajstić information content (AvgIpc) is 2.38. The number of aliphatic hydroxyl groups excluding tert-OH is 1. The number of ether oxygens (including phenoxy) is 1. The van der Waals surface area contributed by atoms with Crippen molar-refractivity contribution in [3.8, 4) is 5.75 Å². The molecule has 2 unspecified atom stereocenters. The highest BCUT2D eigenvalue weighted by Gasteiger charge is 2.03. The summed E-state index contributed by atoms with van der Waals surface area (Å²) in [5, 5.41) is 12.4. The second-order valence-electron chi connectivity index (χ2n) is 5.19. The lowest BCUT2D eigenvalue weighted by atomic mass is 10.2. The van der Waals surface area contributed by atoms with Gasteiger partial charge in [-0.25, -0.2) is 0 Å². The maximum Gasteiger partial charge on any atom is 0.119 e. The summed E-state index contributed by atoms with van der Waals surface area (Å²) < 4.78 is 5.85. The number of rotatable bonds is 9. The molecule has 0 heterocycles. The van der Waals surface area contributed by atoms with Gasteiger partial charge in [0, 0.05) is 13.1 Å². The maximum absolute atomic E-state index is 9.16. The molecule has 0 fully saturated rings. The molecule has 3 heteroatoms. The molecule has 0 spiro atoms. The predicted molar refractivity (Wildman–Crippen MR) is 79.4 cm³/mol. The van der Waals surface area contributed by atoms with Gasteiger partial charge in [0.1, 0.15) is 5.75 Å². The molecule has 0 amide bonds. The van der Waals surface area contributed by atoms with E-state index >= 15 is 0 Å². The van der Waals surface area contributed by atoms with Crippen LogP contribution in [-0.2, 0) is 6.54 Å². The lowest BCUT2D eigenvalue weighted by Gasteiger charge is -2.14. The summed E-state index contributed by atoms with van der Waals surface area (Å²) in [4.78, 5) is 0. The molecule has 1 rings (SSSR count). The third kappa shape index (κ3) is 7.19. The van der Waals surface area contributed by atoms with Crippen LogP contribution in [0.5, 0.6) is 5.75 Å². The van der Waals surface area contributed by atoms with Crippen molar-refractivity contribution in [3.05, 3.63) is 29.8 Å². The monoisotopic (exact) mass is 265 g/mol. The summed E-state index contributed by atoms with van der Waals surface area (Å²) >= 11 is 0. The molecule has 1 aromatic carbocycles. The Morgan fingerprint density at radius 3 is 2.47 bits per heavy atom. The third-order valence-electron chi connectivity index (χ3n) is 2.99. The molecule has 108 valence electrons. The van der Waals surface area contributed by atoms with Crippen molar-refractivity contribution in [3.63, 3.8) is 0 Å². The third-order valence-corrected chi connectivity index (χ3v) is 2.99. The number of hydrogen-bond donors (Lipinski definition) is 2. The van der Waals surface area contributed by atoms with E-state index < -0.39 is 0 Å². The molecule has 0 bridgehead atoms. The van der Waals surface area contributed by atoms with E-state index in [9.17, 15) is 0 Å². The van der Waals surface area contributed by atoms with Gasteiger partial charge in [0.25, 0.3) is 0 Å². The smallest absolute Gasteiger partial charge is 0.119 e. The second-order valence-corrected chi connectivity index (χ2v) is 5.19. The topological polar surface area (TPSA) is 41.5 Å². The van der Waals surface area contributed by atoms with Crippen molar-refractivity contribution in [1.82, 2.24) is 5.32 Å². The Labute approximate surface area is 117 Å². The molecule has 0 radical (unpaired) electrons. The molecule has 0 saturated carbocycles. The zero-order valence-electron chi connectivity index (χ0n) is 12.4. The standard InChI is InChI=1S/C16H27NO2/c1-4-5-6-14(3)19-16-9-7-15(8-10-16)12-17-11-13(2)18/h7-10,13-14,17-18H,4-6,11-12H2,1-3H3. The summed E-state index contributed by atoms with van der Waals surface area (Å²) in [7, 11) is 0. The lowest BCUT2D eigenvalue weighted by molar-refractivity contribution is 0.191. The van der Waals surface area contributed by atoms with Crippen LogP contribution in [0.15, 0.2) is 24.3 Å². The molecule has 19 heavy (non-hydrogen) atoms. The summed E-state index contributed by atoms with van der Waals surface area (Å²) in [6.07, 6.45) is 3.50. The maximum atomic E-state index is 9.16. The molecular formula is C16H27NO2. The SMILES string of the molecule is CCCCC(C)Oc1ccc(CNCC(C)O)cc1. The highest BCUT2D eigenvalue weighted by molar-refractivity contribution is 5.27. The van der Waals surface area contributed by atoms with E-state index in [1.54, 1.807) is 6.92 Å². The van der Waals surface area contributed by atoms with Crippen LogP contribution in [0.4, 0.5) is 0 Å². The van der Waals surface area contributed by atoms with Gasteiger partial charge in [-0.15, -0.1) is 0 Å². The fourth-order valence-corrected chi connectivity index (χ4v) is 1.89. The number of hydrogen-bond acceptors (Lipinski definition) is 3. The van der Waals surface area contributed by atoms with Gasteiger partial charge in [-0.2, -0.15) is 0 Å². The molecule has 0 aromatic heterocycles. The van der Waals surface area contributed by atoms with E-state index in [0.29, 0.717) is 6.54 Å². The summed E-state index contributed by atoms with van der Waals surface area (Å²) in [6, 6.07) is 8.16. The van der Waals surface area contributed by atoms with Gasteiger partial charge < -0.3 is 15.2 Å². The zero-order chi connectivity index (χ0) is 14.1. The van der Waals surface area contributed by atoms with E-state index in [1.807, 2.05) is 12.1 Å². The molecule has 0 aliphatic carbocycles. The molecule has 2 N–H and O–H groups in total. The first-order valence-electron chi connectivity index (χ1n) is 7.26. The Kier molecular flexibility index (Phi) is 7.53. The Morgan fingerprint density at radius 2 is 1.89 bits per heavy atom. The Bertz CT molecular complexity index is 335. The van der Waals surface area contributed by atoms with Crippen LogP contribution in [0.1, 0.15) is 45.6 Å². The van der Waals surface area contributed by atoms with E-state index in [2.05, 4.69) is 31.3 Å². The van der Waals surface area contributed by atoms with Crippen molar-refractivity contribution in [2.24, 2.45) is 0 Å². The Hall–Kier alpha value is -1.06. The van der Waals surface area contributed by atoms with Crippen molar-refractivity contribution >= 4 is 0 Å². The van der Waals surface area contributed by atoms with Gasteiger partial charge in [-0.3, -0.25) is 0 Å². The molecule has 0 aliphatic rings. The Morgan fingerprint density at radius 1 is 1.21 bits per heavy atom. The van der Waals surface area contributed by atoms with Crippen LogP contribution in [0.25, 0.3) is 0 Å². The second kappa shape index (κ2) is 8.94. The zero-order valence-corrected chi connectivity index (χ0v) is 12.4. The fourth-order valence-electron chi connectivity index (χ4n) is 1.89. The van der Waals surface area contributed by atoms with Gasteiger partial charge in [0.05, 0.1) is 12.2 Å². The van der Waals surface area contributed by atoms with Crippen molar-refractivity contribution in [2.75, 3.05) is 6.54 Å². The van der Waals surface area contributed by atoms with Crippen LogP contribution in [0, 0.1) is 0 Å². The quantitative estimate of drug-likeness (QED) is 0.721. The van der Waals surface area contributed by atoms with Crippen molar-refractivity contribution < 1.29 is 9.84 Å². The largest absolute Gasteiger partial charge is 0.491 e. The molecule has 1 aromatic rings. The molecule has 0 saturated heterocycles. The van der Waals surface area contributed by atoms with Gasteiger partial charge >= 0.3 is 0 Å². The minimum Gasteiger partial charge on any atom is -0.491 e. The minimum absolute atomic E-state index is 0.277. The van der Waals surface area contributed by atoms with Gasteiger partial charge in [-0.05, 0) is 38.0 Å².